The van der Waals surface area contributed by atoms with E-state index < -0.39 is 5.97 Å². The molecule has 0 atom stereocenters. The molecule has 2 heterocycles. The third-order valence-electron chi connectivity index (χ3n) is 6.19. The number of ether oxygens (including phenoxy) is 6. The molecule has 0 radical (unpaired) electrons. The zero-order valence-corrected chi connectivity index (χ0v) is 23.6. The summed E-state index contributed by atoms with van der Waals surface area (Å²) in [5.74, 6) is 3.37. The number of hydrogen-bond donors (Lipinski definition) is 1. The monoisotopic (exact) mass is 583 g/mol. The van der Waals surface area contributed by atoms with E-state index in [0.717, 1.165) is 37.2 Å². The van der Waals surface area contributed by atoms with Crippen LogP contribution in [0.1, 0.15) is 41.9 Å². The highest BCUT2D eigenvalue weighted by atomic mass is 16.5. The molecule has 43 heavy (non-hydrogen) atoms. The lowest BCUT2D eigenvalue weighted by Crippen LogP contribution is -2.01. The SMILES string of the molecule is COc1cc(C#N)ncc1Oc1ccc(OC2CC2)cc1.COc1cc(C(=O)O)ncc1Oc1ccc(OC2CC2)cc1. The highest BCUT2D eigenvalue weighted by molar-refractivity contribution is 5.86. The summed E-state index contributed by atoms with van der Waals surface area (Å²) in [4.78, 5) is 18.7. The predicted molar refractivity (Wildman–Crippen MR) is 154 cm³/mol. The van der Waals surface area contributed by atoms with E-state index in [2.05, 4.69) is 9.97 Å². The maximum absolute atomic E-state index is 10.9. The second-order valence-corrected chi connectivity index (χ2v) is 9.64. The predicted octanol–water partition coefficient (Wildman–Crippen LogP) is 6.42. The molecule has 11 heteroatoms. The summed E-state index contributed by atoms with van der Waals surface area (Å²) in [6, 6.07) is 19.5. The Balaban J connectivity index is 0.000000171. The molecule has 2 aromatic carbocycles. The minimum absolute atomic E-state index is 0.0996. The highest BCUT2D eigenvalue weighted by Gasteiger charge is 2.24. The van der Waals surface area contributed by atoms with Crippen LogP contribution in [0.3, 0.4) is 0 Å². The van der Waals surface area contributed by atoms with E-state index in [1.165, 1.54) is 32.7 Å². The Morgan fingerprint density at radius 2 is 1.16 bits per heavy atom. The van der Waals surface area contributed by atoms with Crippen LogP contribution in [-0.4, -0.2) is 47.5 Å². The standard InChI is InChI=1S/C16H14N2O3.C16H15NO5/c1-19-15-8-11(9-17)18-10-16(15)21-14-6-4-13(5-7-14)20-12-2-3-12;1-20-14-8-13(16(18)19)17-9-15(14)22-12-6-4-11(5-7-12)21-10-2-3-10/h4-8,10,12H,2-3H2,1H3;4-10H,2-3H2,1H3,(H,18,19). The molecular formula is C32H29N3O8. The number of nitriles is 1. The van der Waals surface area contributed by atoms with E-state index in [-0.39, 0.29) is 11.4 Å². The van der Waals surface area contributed by atoms with Crippen molar-refractivity contribution >= 4 is 5.97 Å². The summed E-state index contributed by atoms with van der Waals surface area (Å²) < 4.78 is 33.1. The van der Waals surface area contributed by atoms with Gasteiger partial charge in [0.05, 0.1) is 38.8 Å². The van der Waals surface area contributed by atoms with Crippen LogP contribution >= 0.6 is 0 Å². The number of carboxylic acid groups (broad SMARTS) is 1. The van der Waals surface area contributed by atoms with E-state index in [4.69, 9.17) is 38.8 Å². The lowest BCUT2D eigenvalue weighted by molar-refractivity contribution is 0.0690. The molecule has 2 aliphatic rings. The van der Waals surface area contributed by atoms with Crippen LogP contribution in [0.5, 0.6) is 46.0 Å². The van der Waals surface area contributed by atoms with Crippen molar-refractivity contribution < 1.29 is 38.3 Å². The van der Waals surface area contributed by atoms with Crippen LogP contribution in [0.2, 0.25) is 0 Å². The van der Waals surface area contributed by atoms with Gasteiger partial charge in [0.25, 0.3) is 0 Å². The van der Waals surface area contributed by atoms with Crippen LogP contribution in [0.25, 0.3) is 0 Å². The van der Waals surface area contributed by atoms with Gasteiger partial charge in [-0.15, -0.1) is 0 Å². The largest absolute Gasteiger partial charge is 0.493 e. The van der Waals surface area contributed by atoms with Gasteiger partial charge in [-0.3, -0.25) is 0 Å². The molecule has 1 N–H and O–H groups in total. The van der Waals surface area contributed by atoms with Crippen molar-refractivity contribution in [1.29, 1.82) is 5.26 Å². The summed E-state index contributed by atoms with van der Waals surface area (Å²) >= 11 is 0. The maximum atomic E-state index is 10.9. The molecule has 6 rings (SSSR count). The van der Waals surface area contributed by atoms with Gasteiger partial charge in [-0.25, -0.2) is 14.8 Å². The highest BCUT2D eigenvalue weighted by Crippen LogP contribution is 2.34. The molecular weight excluding hydrogens is 554 g/mol. The zero-order valence-electron chi connectivity index (χ0n) is 23.6. The Hall–Kier alpha value is -5.50. The van der Waals surface area contributed by atoms with Gasteiger partial charge in [0.15, 0.2) is 28.7 Å². The molecule has 0 spiro atoms. The Kier molecular flexibility index (Phi) is 9.07. The summed E-state index contributed by atoms with van der Waals surface area (Å²) in [6.07, 6.45) is 8.01. The number of aromatic nitrogens is 2. The third kappa shape index (κ3) is 8.27. The summed E-state index contributed by atoms with van der Waals surface area (Å²) in [6.45, 7) is 0. The summed E-state index contributed by atoms with van der Waals surface area (Å²) in [7, 11) is 2.97. The van der Waals surface area contributed by atoms with Gasteiger partial charge in [-0.05, 0) is 74.2 Å². The molecule has 2 aliphatic carbocycles. The summed E-state index contributed by atoms with van der Waals surface area (Å²) in [5, 5.41) is 17.7. The Bertz CT molecular complexity index is 1590. The first kappa shape index (κ1) is 29.0. The van der Waals surface area contributed by atoms with Crippen molar-refractivity contribution in [3.63, 3.8) is 0 Å². The molecule has 2 aromatic heterocycles. The lowest BCUT2D eigenvalue weighted by Gasteiger charge is -2.11. The number of nitrogens with zero attached hydrogens (tertiary/aromatic N) is 3. The Morgan fingerprint density at radius 1 is 0.721 bits per heavy atom. The first-order valence-electron chi connectivity index (χ1n) is 13.5. The fourth-order valence-corrected chi connectivity index (χ4v) is 3.68. The number of aromatic carboxylic acids is 1. The maximum Gasteiger partial charge on any atom is 0.354 e. The van der Waals surface area contributed by atoms with E-state index in [1.54, 1.807) is 18.2 Å². The average molecular weight is 584 g/mol. The second kappa shape index (κ2) is 13.4. The van der Waals surface area contributed by atoms with Crippen molar-refractivity contribution in [3.05, 3.63) is 84.4 Å². The number of carbonyl (C=O) groups is 1. The van der Waals surface area contributed by atoms with Gasteiger partial charge in [-0.2, -0.15) is 5.26 Å². The second-order valence-electron chi connectivity index (χ2n) is 9.64. The van der Waals surface area contributed by atoms with Gasteiger partial charge in [0, 0.05) is 12.1 Å². The van der Waals surface area contributed by atoms with Crippen LogP contribution in [-0.2, 0) is 0 Å². The van der Waals surface area contributed by atoms with Gasteiger partial charge in [-0.1, -0.05) is 0 Å². The van der Waals surface area contributed by atoms with Crippen LogP contribution in [0.4, 0.5) is 0 Å². The van der Waals surface area contributed by atoms with Crippen LogP contribution in [0.15, 0.2) is 73.1 Å². The van der Waals surface area contributed by atoms with E-state index >= 15 is 0 Å². The van der Waals surface area contributed by atoms with Gasteiger partial charge in [0.2, 0.25) is 0 Å². The van der Waals surface area contributed by atoms with E-state index in [9.17, 15) is 4.79 Å². The van der Waals surface area contributed by atoms with Crippen molar-refractivity contribution in [2.45, 2.75) is 37.9 Å². The van der Waals surface area contributed by atoms with E-state index in [1.807, 2.05) is 42.5 Å². The van der Waals surface area contributed by atoms with Crippen molar-refractivity contribution in [2.24, 2.45) is 0 Å². The minimum atomic E-state index is -1.12. The molecule has 2 saturated carbocycles. The molecule has 4 aromatic rings. The number of pyridine rings is 2. The Labute approximate surface area is 248 Å². The van der Waals surface area contributed by atoms with Gasteiger partial charge < -0.3 is 33.5 Å². The first-order chi connectivity index (χ1) is 20.9. The molecule has 220 valence electrons. The molecule has 0 unspecified atom stereocenters. The fraction of sp³-hybridized carbons (Fsp3) is 0.250. The van der Waals surface area contributed by atoms with Crippen molar-refractivity contribution in [1.82, 2.24) is 9.97 Å². The quantitative estimate of drug-likeness (QED) is 0.209. The van der Waals surface area contributed by atoms with Crippen molar-refractivity contribution in [3.8, 4) is 52.1 Å². The van der Waals surface area contributed by atoms with E-state index in [0.29, 0.717) is 46.7 Å². The smallest absolute Gasteiger partial charge is 0.354 e. The third-order valence-corrected chi connectivity index (χ3v) is 6.19. The van der Waals surface area contributed by atoms with Crippen LogP contribution < -0.4 is 28.4 Å². The van der Waals surface area contributed by atoms with Crippen LogP contribution in [0, 0.1) is 11.3 Å². The molecule has 2 fully saturated rings. The molecule has 0 saturated heterocycles. The molecule has 11 nitrogen and oxygen atoms in total. The normalized spacial score (nSPS) is 13.4. The summed E-state index contributed by atoms with van der Waals surface area (Å²) in [5.41, 5.74) is 0.185. The topological polar surface area (TPSA) is 142 Å². The number of rotatable bonds is 11. The number of hydrogen-bond acceptors (Lipinski definition) is 10. The van der Waals surface area contributed by atoms with Gasteiger partial charge >= 0.3 is 5.97 Å². The molecule has 0 bridgehead atoms. The average Bonchev–Trinajstić information content (AvgIpc) is 3.98. The minimum Gasteiger partial charge on any atom is -0.493 e. The number of benzene rings is 2. The van der Waals surface area contributed by atoms with Gasteiger partial charge in [0.1, 0.15) is 34.8 Å². The number of methoxy groups -OCH3 is 2. The fourth-order valence-electron chi connectivity index (χ4n) is 3.68. The van der Waals surface area contributed by atoms with Crippen molar-refractivity contribution in [2.75, 3.05) is 14.2 Å². The zero-order chi connectivity index (χ0) is 30.2. The molecule has 0 aliphatic heterocycles. The number of carboxylic acids is 1. The lowest BCUT2D eigenvalue weighted by atomic mass is 10.3. The Morgan fingerprint density at radius 3 is 1.58 bits per heavy atom. The first-order valence-corrected chi connectivity index (χ1v) is 13.5. The molecule has 0 amide bonds.